The first kappa shape index (κ1) is 18.9. The molecule has 1 unspecified atom stereocenters. The van der Waals surface area contributed by atoms with Crippen LogP contribution in [0.15, 0.2) is 0 Å². The SMILES string of the molecule is CCCCN(CC)C(CCCC)(CCC(N)=O)C(=O)O. The van der Waals surface area contributed by atoms with Gasteiger partial charge in [-0.25, -0.2) is 0 Å². The lowest BCUT2D eigenvalue weighted by Gasteiger charge is -2.40. The lowest BCUT2D eigenvalue weighted by Crippen LogP contribution is -2.55. The second-order valence-corrected chi connectivity index (χ2v) is 5.34. The third-order valence-electron chi connectivity index (χ3n) is 3.90. The van der Waals surface area contributed by atoms with Crippen LogP contribution in [0.1, 0.15) is 65.7 Å². The molecule has 0 radical (unpaired) electrons. The van der Waals surface area contributed by atoms with Gasteiger partial charge >= 0.3 is 5.97 Å². The van der Waals surface area contributed by atoms with Crippen LogP contribution >= 0.6 is 0 Å². The quantitative estimate of drug-likeness (QED) is 0.577. The summed E-state index contributed by atoms with van der Waals surface area (Å²) in [6, 6.07) is 0. The number of carboxylic acid groups (broad SMARTS) is 1. The molecule has 3 N–H and O–H groups in total. The minimum atomic E-state index is -0.949. The molecule has 1 atom stereocenters. The molecule has 0 bridgehead atoms. The third kappa shape index (κ3) is 5.49. The molecule has 0 fully saturated rings. The van der Waals surface area contributed by atoms with Gasteiger partial charge in [-0.15, -0.1) is 0 Å². The van der Waals surface area contributed by atoms with E-state index in [0.717, 1.165) is 32.2 Å². The molecule has 0 saturated heterocycles. The van der Waals surface area contributed by atoms with Crippen molar-refractivity contribution >= 4 is 11.9 Å². The van der Waals surface area contributed by atoms with Crippen molar-refractivity contribution < 1.29 is 14.7 Å². The van der Waals surface area contributed by atoms with Crippen LogP contribution in [0.3, 0.4) is 0 Å². The number of unbranched alkanes of at least 4 members (excludes halogenated alkanes) is 2. The molecule has 0 spiro atoms. The van der Waals surface area contributed by atoms with Gasteiger partial charge < -0.3 is 10.8 Å². The molecule has 0 heterocycles. The summed E-state index contributed by atoms with van der Waals surface area (Å²) in [4.78, 5) is 25.0. The molecule has 0 aliphatic carbocycles. The Morgan fingerprint density at radius 3 is 2.10 bits per heavy atom. The van der Waals surface area contributed by atoms with E-state index in [9.17, 15) is 14.7 Å². The average molecular weight is 286 g/mol. The largest absolute Gasteiger partial charge is 0.480 e. The number of aliphatic carboxylic acids is 1. The van der Waals surface area contributed by atoms with Crippen LogP contribution in [0.4, 0.5) is 0 Å². The molecule has 5 heteroatoms. The highest BCUT2D eigenvalue weighted by molar-refractivity contribution is 5.81. The molecule has 0 aromatic heterocycles. The third-order valence-corrected chi connectivity index (χ3v) is 3.90. The van der Waals surface area contributed by atoms with Crippen LogP contribution in [0.5, 0.6) is 0 Å². The van der Waals surface area contributed by atoms with E-state index in [1.165, 1.54) is 0 Å². The van der Waals surface area contributed by atoms with Crippen LogP contribution in [0, 0.1) is 0 Å². The summed E-state index contributed by atoms with van der Waals surface area (Å²) in [5.41, 5.74) is 4.27. The number of nitrogens with zero attached hydrogens (tertiary/aromatic N) is 1. The van der Waals surface area contributed by atoms with Gasteiger partial charge in [0.25, 0.3) is 0 Å². The average Bonchev–Trinajstić information content (AvgIpc) is 2.41. The molecule has 0 rings (SSSR count). The Morgan fingerprint density at radius 1 is 1.10 bits per heavy atom. The predicted octanol–water partition coefficient (Wildman–Crippen LogP) is 2.39. The van der Waals surface area contributed by atoms with E-state index in [-0.39, 0.29) is 6.42 Å². The zero-order chi connectivity index (χ0) is 15.6. The minimum absolute atomic E-state index is 0.124. The van der Waals surface area contributed by atoms with Crippen molar-refractivity contribution in [2.75, 3.05) is 13.1 Å². The number of carbonyl (C=O) groups excluding carboxylic acids is 1. The predicted molar refractivity (Wildman–Crippen MR) is 80.5 cm³/mol. The maximum absolute atomic E-state index is 11.9. The summed E-state index contributed by atoms with van der Waals surface area (Å²) < 4.78 is 0. The van der Waals surface area contributed by atoms with Crippen molar-refractivity contribution in [1.82, 2.24) is 4.90 Å². The monoisotopic (exact) mass is 286 g/mol. The van der Waals surface area contributed by atoms with Crippen LogP contribution in [-0.2, 0) is 9.59 Å². The lowest BCUT2D eigenvalue weighted by molar-refractivity contribution is -0.153. The highest BCUT2D eigenvalue weighted by Crippen LogP contribution is 2.29. The lowest BCUT2D eigenvalue weighted by atomic mass is 9.85. The van der Waals surface area contributed by atoms with Crippen molar-refractivity contribution in [3.63, 3.8) is 0 Å². The second-order valence-electron chi connectivity index (χ2n) is 5.34. The first-order chi connectivity index (χ1) is 9.44. The summed E-state index contributed by atoms with van der Waals surface area (Å²) in [5.74, 6) is -1.26. The van der Waals surface area contributed by atoms with Crippen molar-refractivity contribution in [3.05, 3.63) is 0 Å². The zero-order valence-electron chi connectivity index (χ0n) is 13.2. The maximum atomic E-state index is 11.9. The molecule has 0 aromatic rings. The van der Waals surface area contributed by atoms with E-state index in [4.69, 9.17) is 5.73 Å². The molecule has 0 aliphatic rings. The van der Waals surface area contributed by atoms with E-state index in [0.29, 0.717) is 19.4 Å². The fourth-order valence-corrected chi connectivity index (χ4v) is 2.61. The standard InChI is InChI=1S/C15H30N2O3/c1-4-7-10-15(14(19)20,11-9-13(16)18)17(6-3)12-8-5-2/h4-12H2,1-3H3,(H2,16,18)(H,19,20). The number of rotatable bonds is 12. The number of hydrogen-bond donors (Lipinski definition) is 2. The second kappa shape index (κ2) is 9.75. The van der Waals surface area contributed by atoms with Gasteiger partial charge in [-0.3, -0.25) is 14.5 Å². The van der Waals surface area contributed by atoms with Gasteiger partial charge in [0, 0.05) is 6.42 Å². The Kier molecular flexibility index (Phi) is 9.21. The topological polar surface area (TPSA) is 83.6 Å². The molecule has 1 amide bonds. The number of carboxylic acids is 1. The van der Waals surface area contributed by atoms with Crippen LogP contribution < -0.4 is 5.73 Å². The van der Waals surface area contributed by atoms with Gasteiger partial charge in [0.2, 0.25) is 5.91 Å². The molecular weight excluding hydrogens is 256 g/mol. The smallest absolute Gasteiger partial charge is 0.324 e. The summed E-state index contributed by atoms with van der Waals surface area (Å²) in [6.45, 7) is 7.54. The molecule has 0 aromatic carbocycles. The number of amides is 1. The summed E-state index contributed by atoms with van der Waals surface area (Å²) in [7, 11) is 0. The zero-order valence-corrected chi connectivity index (χ0v) is 13.2. The Hall–Kier alpha value is -1.10. The van der Waals surface area contributed by atoms with Gasteiger partial charge in [-0.2, -0.15) is 0 Å². The van der Waals surface area contributed by atoms with Gasteiger partial charge in [0.05, 0.1) is 0 Å². The van der Waals surface area contributed by atoms with E-state index < -0.39 is 17.4 Å². The van der Waals surface area contributed by atoms with Crippen molar-refractivity contribution in [2.45, 2.75) is 71.3 Å². The summed E-state index contributed by atoms with van der Waals surface area (Å²) in [5, 5.41) is 9.77. The first-order valence-corrected chi connectivity index (χ1v) is 7.71. The fourth-order valence-electron chi connectivity index (χ4n) is 2.61. The van der Waals surface area contributed by atoms with Crippen molar-refractivity contribution in [2.24, 2.45) is 5.73 Å². The Morgan fingerprint density at radius 2 is 1.70 bits per heavy atom. The van der Waals surface area contributed by atoms with Gasteiger partial charge in [0.15, 0.2) is 0 Å². The number of nitrogens with two attached hydrogens (primary N) is 1. The van der Waals surface area contributed by atoms with E-state index in [1.54, 1.807) is 0 Å². The number of carbonyl (C=O) groups is 2. The number of likely N-dealkylation sites (N-methyl/N-ethyl adjacent to an activating group) is 1. The van der Waals surface area contributed by atoms with Crippen LogP contribution in [0.25, 0.3) is 0 Å². The van der Waals surface area contributed by atoms with Crippen LogP contribution in [-0.4, -0.2) is 40.5 Å². The van der Waals surface area contributed by atoms with Gasteiger partial charge in [-0.05, 0) is 32.4 Å². The molecule has 0 aliphatic heterocycles. The molecule has 5 nitrogen and oxygen atoms in total. The Labute approximate surface area is 122 Å². The molecule has 0 saturated carbocycles. The Balaban J connectivity index is 5.20. The van der Waals surface area contributed by atoms with Crippen LogP contribution in [0.2, 0.25) is 0 Å². The highest BCUT2D eigenvalue weighted by atomic mass is 16.4. The summed E-state index contributed by atoms with van der Waals surface area (Å²) in [6.07, 6.45) is 4.77. The van der Waals surface area contributed by atoms with E-state index >= 15 is 0 Å². The number of primary amides is 1. The van der Waals surface area contributed by atoms with E-state index in [2.05, 4.69) is 6.92 Å². The Bertz CT molecular complexity index is 307. The van der Waals surface area contributed by atoms with Crippen molar-refractivity contribution in [1.29, 1.82) is 0 Å². The normalized spacial score (nSPS) is 14.2. The van der Waals surface area contributed by atoms with E-state index in [1.807, 2.05) is 18.7 Å². The maximum Gasteiger partial charge on any atom is 0.324 e. The van der Waals surface area contributed by atoms with Crippen molar-refractivity contribution in [3.8, 4) is 0 Å². The van der Waals surface area contributed by atoms with Gasteiger partial charge in [0.1, 0.15) is 5.54 Å². The molecule has 20 heavy (non-hydrogen) atoms. The van der Waals surface area contributed by atoms with Gasteiger partial charge in [-0.1, -0.05) is 40.0 Å². The number of hydrogen-bond acceptors (Lipinski definition) is 3. The first-order valence-electron chi connectivity index (χ1n) is 7.71. The molecule has 118 valence electrons. The molecular formula is C15H30N2O3. The highest BCUT2D eigenvalue weighted by Gasteiger charge is 2.42. The fraction of sp³-hybridized carbons (Fsp3) is 0.867. The minimum Gasteiger partial charge on any atom is -0.480 e. The summed E-state index contributed by atoms with van der Waals surface area (Å²) >= 11 is 0.